The average Bonchev–Trinajstić information content (AvgIpc) is 2.16. The Balaban J connectivity index is 0.00000256. The number of pyridine rings is 1. The number of hydrogen-bond acceptors (Lipinski definition) is 3. The van der Waals surface area contributed by atoms with Gasteiger partial charge in [0.25, 0.3) is 0 Å². The molecular weight excluding hydrogens is 244 g/mol. The Kier molecular flexibility index (Phi) is 5.10. The Morgan fingerprint density at radius 3 is 2.35 bits per heavy atom. The molecule has 94 valence electrons. The van der Waals surface area contributed by atoms with Gasteiger partial charge in [-0.15, -0.1) is 12.4 Å². The number of aromatic nitrogens is 1. The molecule has 0 radical (unpaired) electrons. The van der Waals surface area contributed by atoms with Gasteiger partial charge in [-0.3, -0.25) is 4.79 Å². The summed E-state index contributed by atoms with van der Waals surface area (Å²) in [7, 11) is 0. The fourth-order valence-corrected chi connectivity index (χ4v) is 0.927. The molecule has 0 aliphatic rings. The molecule has 0 saturated heterocycles. The van der Waals surface area contributed by atoms with E-state index in [4.69, 9.17) is 5.11 Å². The van der Waals surface area contributed by atoms with E-state index in [1.807, 2.05) is 0 Å². The first kappa shape index (κ1) is 15.4. The molecule has 2 N–H and O–H groups in total. The predicted octanol–water partition coefficient (Wildman–Crippen LogP) is 2.19. The smallest absolute Gasteiger partial charge is 0.354 e. The summed E-state index contributed by atoms with van der Waals surface area (Å²) in [6.07, 6.45) is 0. The molecule has 0 saturated carbocycles. The highest BCUT2D eigenvalue weighted by Gasteiger charge is 2.21. The van der Waals surface area contributed by atoms with E-state index in [0.29, 0.717) is 0 Å². The number of carbonyl (C=O) groups excluding carboxylic acids is 1. The van der Waals surface area contributed by atoms with Gasteiger partial charge in [-0.1, -0.05) is 26.8 Å². The second kappa shape index (κ2) is 5.63. The van der Waals surface area contributed by atoms with Crippen LogP contribution in [0, 0.1) is 5.41 Å². The molecule has 1 heterocycles. The van der Waals surface area contributed by atoms with Crippen molar-refractivity contribution in [2.24, 2.45) is 5.41 Å². The molecule has 0 atom stereocenters. The summed E-state index contributed by atoms with van der Waals surface area (Å²) in [5.41, 5.74) is -0.632. The van der Waals surface area contributed by atoms with E-state index >= 15 is 0 Å². The van der Waals surface area contributed by atoms with Gasteiger partial charge in [-0.25, -0.2) is 9.78 Å². The summed E-state index contributed by atoms with van der Waals surface area (Å²) < 4.78 is 0. The fourth-order valence-electron chi connectivity index (χ4n) is 0.927. The van der Waals surface area contributed by atoms with Crippen LogP contribution in [0.3, 0.4) is 0 Å². The number of hydrogen-bond donors (Lipinski definition) is 2. The van der Waals surface area contributed by atoms with Crippen LogP contribution in [0.15, 0.2) is 18.2 Å². The summed E-state index contributed by atoms with van der Waals surface area (Å²) in [5, 5.41) is 11.3. The first-order valence-electron chi connectivity index (χ1n) is 4.82. The summed E-state index contributed by atoms with van der Waals surface area (Å²) in [5.74, 6) is -1.07. The number of carboxylic acid groups (broad SMARTS) is 1. The van der Waals surface area contributed by atoms with Crippen LogP contribution in [0.5, 0.6) is 0 Å². The lowest BCUT2D eigenvalue weighted by Crippen LogP contribution is -2.28. The molecule has 0 aliphatic carbocycles. The van der Waals surface area contributed by atoms with Crippen LogP contribution >= 0.6 is 12.4 Å². The normalized spacial score (nSPS) is 10.3. The van der Waals surface area contributed by atoms with Gasteiger partial charge in [-0.2, -0.15) is 0 Å². The van der Waals surface area contributed by atoms with Gasteiger partial charge in [0, 0.05) is 5.41 Å². The van der Waals surface area contributed by atoms with Gasteiger partial charge in [0.15, 0.2) is 5.69 Å². The van der Waals surface area contributed by atoms with Crippen LogP contribution in [0.25, 0.3) is 0 Å². The molecule has 17 heavy (non-hydrogen) atoms. The molecule has 1 amide bonds. The van der Waals surface area contributed by atoms with Crippen molar-refractivity contribution in [3.63, 3.8) is 0 Å². The zero-order valence-electron chi connectivity index (χ0n) is 9.85. The summed E-state index contributed by atoms with van der Waals surface area (Å²) in [6, 6.07) is 4.46. The maximum absolute atomic E-state index is 11.6. The second-order valence-corrected chi connectivity index (χ2v) is 4.42. The SMILES string of the molecule is CC(C)(C)C(=O)Nc1cccc(C(=O)O)n1.Cl. The molecule has 6 heteroatoms. The quantitative estimate of drug-likeness (QED) is 0.852. The summed E-state index contributed by atoms with van der Waals surface area (Å²) >= 11 is 0. The fraction of sp³-hybridized carbons (Fsp3) is 0.364. The van der Waals surface area contributed by atoms with Crippen molar-refractivity contribution in [1.82, 2.24) is 4.98 Å². The minimum atomic E-state index is -1.12. The van der Waals surface area contributed by atoms with Crippen molar-refractivity contribution >= 4 is 30.1 Å². The number of carbonyl (C=O) groups is 2. The topological polar surface area (TPSA) is 79.3 Å². The van der Waals surface area contributed by atoms with Crippen LogP contribution < -0.4 is 5.32 Å². The molecule has 0 fully saturated rings. The molecule has 0 aromatic carbocycles. The number of nitrogens with one attached hydrogen (secondary N) is 1. The average molecular weight is 259 g/mol. The highest BCUT2D eigenvalue weighted by atomic mass is 35.5. The Morgan fingerprint density at radius 2 is 1.88 bits per heavy atom. The van der Waals surface area contributed by atoms with Gasteiger partial charge < -0.3 is 10.4 Å². The molecular formula is C11H15ClN2O3. The van der Waals surface area contributed by atoms with Crippen molar-refractivity contribution in [1.29, 1.82) is 0 Å². The van der Waals surface area contributed by atoms with E-state index in [9.17, 15) is 9.59 Å². The highest BCUT2D eigenvalue weighted by molar-refractivity contribution is 5.94. The summed E-state index contributed by atoms with van der Waals surface area (Å²) in [6.45, 7) is 5.30. The van der Waals surface area contributed by atoms with Gasteiger partial charge in [0.1, 0.15) is 5.82 Å². The molecule has 1 aromatic rings. The molecule has 0 bridgehead atoms. The molecule has 0 aliphatic heterocycles. The number of aromatic carboxylic acids is 1. The Bertz CT molecular complexity index is 427. The Labute approximate surface area is 106 Å². The number of amides is 1. The first-order valence-corrected chi connectivity index (χ1v) is 4.82. The maximum atomic E-state index is 11.6. The minimum absolute atomic E-state index is 0. The van der Waals surface area contributed by atoms with Crippen molar-refractivity contribution in [3.05, 3.63) is 23.9 Å². The van der Waals surface area contributed by atoms with E-state index in [-0.39, 0.29) is 29.8 Å². The van der Waals surface area contributed by atoms with Crippen LogP contribution in [-0.2, 0) is 4.79 Å². The molecule has 0 unspecified atom stereocenters. The largest absolute Gasteiger partial charge is 0.477 e. The van der Waals surface area contributed by atoms with Gasteiger partial charge >= 0.3 is 5.97 Å². The lowest BCUT2D eigenvalue weighted by atomic mass is 9.96. The van der Waals surface area contributed by atoms with Gasteiger partial charge in [0.2, 0.25) is 5.91 Å². The van der Waals surface area contributed by atoms with Crippen molar-refractivity contribution in [3.8, 4) is 0 Å². The molecule has 5 nitrogen and oxygen atoms in total. The third-order valence-electron chi connectivity index (χ3n) is 1.89. The number of nitrogens with zero attached hydrogens (tertiary/aromatic N) is 1. The number of halogens is 1. The standard InChI is InChI=1S/C11H14N2O3.ClH/c1-11(2,3)10(16)13-8-6-4-5-7(12-8)9(14)15;/h4-6H,1-3H3,(H,14,15)(H,12,13,16);1H. The van der Waals surface area contributed by atoms with Crippen LogP contribution in [0.2, 0.25) is 0 Å². The molecule has 0 spiro atoms. The van der Waals surface area contributed by atoms with Gasteiger partial charge in [0.05, 0.1) is 0 Å². The van der Waals surface area contributed by atoms with Crippen molar-refractivity contribution in [2.75, 3.05) is 5.32 Å². The lowest BCUT2D eigenvalue weighted by molar-refractivity contribution is -0.123. The highest BCUT2D eigenvalue weighted by Crippen LogP contribution is 2.16. The number of rotatable bonds is 2. The predicted molar refractivity (Wildman–Crippen MR) is 66.5 cm³/mol. The van der Waals surface area contributed by atoms with Gasteiger partial charge in [-0.05, 0) is 12.1 Å². The maximum Gasteiger partial charge on any atom is 0.354 e. The number of carboxylic acids is 1. The van der Waals surface area contributed by atoms with E-state index in [2.05, 4.69) is 10.3 Å². The minimum Gasteiger partial charge on any atom is -0.477 e. The third kappa shape index (κ3) is 4.40. The monoisotopic (exact) mass is 258 g/mol. The van der Waals surface area contributed by atoms with Crippen molar-refractivity contribution in [2.45, 2.75) is 20.8 Å². The van der Waals surface area contributed by atoms with Crippen LogP contribution in [-0.4, -0.2) is 22.0 Å². The van der Waals surface area contributed by atoms with Crippen molar-refractivity contribution < 1.29 is 14.7 Å². The second-order valence-electron chi connectivity index (χ2n) is 4.42. The first-order chi connectivity index (χ1) is 7.30. The van der Waals surface area contributed by atoms with Crippen LogP contribution in [0.4, 0.5) is 5.82 Å². The lowest BCUT2D eigenvalue weighted by Gasteiger charge is -2.17. The molecule has 1 rings (SSSR count). The summed E-state index contributed by atoms with van der Waals surface area (Å²) in [4.78, 5) is 26.1. The molecule has 1 aromatic heterocycles. The Hall–Kier alpha value is -1.62. The zero-order chi connectivity index (χ0) is 12.3. The third-order valence-corrected chi connectivity index (χ3v) is 1.89. The van der Waals surface area contributed by atoms with E-state index < -0.39 is 11.4 Å². The van der Waals surface area contributed by atoms with E-state index in [0.717, 1.165) is 0 Å². The zero-order valence-corrected chi connectivity index (χ0v) is 10.7. The number of anilines is 1. The van der Waals surface area contributed by atoms with Crippen LogP contribution in [0.1, 0.15) is 31.3 Å². The van der Waals surface area contributed by atoms with E-state index in [1.54, 1.807) is 26.8 Å². The van der Waals surface area contributed by atoms with E-state index in [1.165, 1.54) is 12.1 Å². The Morgan fingerprint density at radius 1 is 1.29 bits per heavy atom.